The zero-order chi connectivity index (χ0) is 22.8. The van der Waals surface area contributed by atoms with Gasteiger partial charge in [-0.05, 0) is 77.9 Å². The van der Waals surface area contributed by atoms with Crippen LogP contribution < -0.4 is 0 Å². The summed E-state index contributed by atoms with van der Waals surface area (Å²) in [4.78, 5) is 12.6. The number of hydrogen-bond donors (Lipinski definition) is 0. The maximum absolute atomic E-state index is 13.3. The zero-order valence-corrected chi connectivity index (χ0v) is 20.1. The van der Waals surface area contributed by atoms with Crippen LogP contribution in [0.5, 0.6) is 0 Å². The Morgan fingerprint density at radius 1 is 1.10 bits per heavy atom. The minimum atomic E-state index is -3.61. The van der Waals surface area contributed by atoms with Gasteiger partial charge in [-0.15, -0.1) is 0 Å². The quantitative estimate of drug-likeness (QED) is 0.663. The van der Waals surface area contributed by atoms with E-state index in [1.807, 2.05) is 46.8 Å². The van der Waals surface area contributed by atoms with Gasteiger partial charge in [-0.2, -0.15) is 4.31 Å². The number of sulfonamides is 1. The van der Waals surface area contributed by atoms with E-state index in [4.69, 9.17) is 9.31 Å². The smallest absolute Gasteiger partial charge is 0.400 e. The second-order valence-electron chi connectivity index (χ2n) is 10.2. The molecule has 2 aliphatic heterocycles. The predicted molar refractivity (Wildman–Crippen MR) is 120 cm³/mol. The number of Topliss-reactive ketones (excluding diaryl/α,β-unsaturated/α-hetero) is 1. The van der Waals surface area contributed by atoms with Crippen LogP contribution >= 0.6 is 0 Å². The van der Waals surface area contributed by atoms with E-state index in [1.165, 1.54) is 0 Å². The summed E-state index contributed by atoms with van der Waals surface area (Å²) < 4.78 is 40.8. The molecule has 1 aromatic rings. The van der Waals surface area contributed by atoms with Gasteiger partial charge in [-0.3, -0.25) is 4.79 Å². The fourth-order valence-electron chi connectivity index (χ4n) is 4.73. The molecular weight excluding hydrogens is 413 g/mol. The number of aryl methyl sites for hydroxylation is 1. The van der Waals surface area contributed by atoms with Gasteiger partial charge in [0, 0.05) is 19.0 Å². The van der Waals surface area contributed by atoms with Crippen molar-refractivity contribution in [3.8, 4) is 0 Å². The SMILES string of the molecule is CC(=O)C1CC(B2OC(C)(C)C(C)(C)O2)=C2CN(S(=O)(=O)c3ccc(C)cc3)CC2C1. The molecule has 1 aliphatic carbocycles. The molecule has 0 spiro atoms. The maximum Gasteiger partial charge on any atom is 0.490 e. The molecule has 0 bridgehead atoms. The van der Waals surface area contributed by atoms with Crippen LogP contribution in [0.1, 0.15) is 53.0 Å². The van der Waals surface area contributed by atoms with Crippen molar-refractivity contribution in [2.75, 3.05) is 13.1 Å². The van der Waals surface area contributed by atoms with Crippen LogP contribution in [0.3, 0.4) is 0 Å². The molecule has 0 aromatic heterocycles. The number of benzene rings is 1. The first kappa shape index (κ1) is 22.7. The van der Waals surface area contributed by atoms with Crippen LogP contribution in [0.2, 0.25) is 0 Å². The summed E-state index contributed by atoms with van der Waals surface area (Å²) in [5.41, 5.74) is 2.05. The third kappa shape index (κ3) is 3.92. The van der Waals surface area contributed by atoms with Crippen molar-refractivity contribution in [1.29, 1.82) is 0 Å². The Morgan fingerprint density at radius 2 is 1.68 bits per heavy atom. The largest absolute Gasteiger partial charge is 0.490 e. The third-order valence-electron chi connectivity index (χ3n) is 7.48. The van der Waals surface area contributed by atoms with E-state index in [1.54, 1.807) is 23.4 Å². The van der Waals surface area contributed by atoms with Crippen LogP contribution in [-0.4, -0.2) is 49.9 Å². The Labute approximate surface area is 186 Å². The molecule has 168 valence electrons. The van der Waals surface area contributed by atoms with Gasteiger partial charge in [0.05, 0.1) is 16.1 Å². The van der Waals surface area contributed by atoms with Crippen LogP contribution in [0.25, 0.3) is 0 Å². The normalized spacial score (nSPS) is 28.1. The Morgan fingerprint density at radius 3 is 2.23 bits per heavy atom. The molecule has 0 N–H and O–H groups in total. The monoisotopic (exact) mass is 445 g/mol. The number of hydrogen-bond acceptors (Lipinski definition) is 5. The predicted octanol–water partition coefficient (Wildman–Crippen LogP) is 3.54. The fraction of sp³-hybridized carbons (Fsp3) is 0.609. The van der Waals surface area contributed by atoms with E-state index >= 15 is 0 Å². The summed E-state index contributed by atoms with van der Waals surface area (Å²) in [6.45, 7) is 12.3. The van der Waals surface area contributed by atoms with E-state index in [0.29, 0.717) is 30.8 Å². The lowest BCUT2D eigenvalue weighted by Gasteiger charge is -2.32. The molecule has 8 heteroatoms. The summed E-state index contributed by atoms with van der Waals surface area (Å²) in [5.74, 6) is 0.00890. The van der Waals surface area contributed by atoms with E-state index in [0.717, 1.165) is 16.6 Å². The Hall–Kier alpha value is -1.48. The molecule has 1 aromatic carbocycles. The summed E-state index contributed by atoms with van der Waals surface area (Å²) in [6.07, 6.45) is 1.24. The number of nitrogens with zero attached hydrogens (tertiary/aromatic N) is 1. The standard InChI is InChI=1S/C23H32BNO5S/c1-15-7-9-19(10-8-15)31(27,28)25-13-18-11-17(16(2)26)12-21(20(18)14-25)24-29-22(3,4)23(5,6)30-24/h7-10,17-18H,11-14H2,1-6H3. The second-order valence-corrected chi connectivity index (χ2v) is 12.1. The number of carbonyl (C=O) groups excluding carboxylic acids is 1. The number of ketones is 1. The van der Waals surface area contributed by atoms with Crippen molar-refractivity contribution in [2.45, 2.75) is 70.5 Å². The molecule has 2 atom stereocenters. The average Bonchev–Trinajstić information content (AvgIpc) is 3.19. The molecule has 2 saturated heterocycles. The molecule has 0 radical (unpaired) electrons. The van der Waals surface area contributed by atoms with Gasteiger partial charge >= 0.3 is 7.12 Å². The van der Waals surface area contributed by atoms with Gasteiger partial charge < -0.3 is 9.31 Å². The first-order chi connectivity index (χ1) is 14.3. The van der Waals surface area contributed by atoms with Crippen molar-refractivity contribution >= 4 is 22.9 Å². The highest BCUT2D eigenvalue weighted by Crippen LogP contribution is 2.46. The summed E-state index contributed by atoms with van der Waals surface area (Å²) in [7, 11) is -4.16. The van der Waals surface area contributed by atoms with Crippen LogP contribution in [0, 0.1) is 18.8 Å². The highest BCUT2D eigenvalue weighted by atomic mass is 32.2. The second kappa shape index (κ2) is 7.54. The molecular formula is C23H32BNO5S. The number of allylic oxidation sites excluding steroid dienone is 1. The highest BCUT2D eigenvalue weighted by molar-refractivity contribution is 7.89. The number of fused-ring (bicyclic) bond motifs is 1. The zero-order valence-electron chi connectivity index (χ0n) is 19.3. The molecule has 0 saturated carbocycles. The molecule has 0 amide bonds. The average molecular weight is 445 g/mol. The van der Waals surface area contributed by atoms with Gasteiger partial charge in [0.2, 0.25) is 10.0 Å². The first-order valence-electron chi connectivity index (χ1n) is 11.0. The fourth-order valence-corrected chi connectivity index (χ4v) is 6.19. The third-order valence-corrected chi connectivity index (χ3v) is 9.31. The van der Waals surface area contributed by atoms with Gasteiger partial charge in [-0.1, -0.05) is 23.3 Å². The van der Waals surface area contributed by atoms with Crippen molar-refractivity contribution in [2.24, 2.45) is 11.8 Å². The van der Waals surface area contributed by atoms with Gasteiger partial charge in [0.1, 0.15) is 5.78 Å². The molecule has 6 nitrogen and oxygen atoms in total. The van der Waals surface area contributed by atoms with Crippen molar-refractivity contribution < 1.29 is 22.5 Å². The Kier molecular flexibility index (Phi) is 5.53. The molecule has 2 heterocycles. The lowest BCUT2D eigenvalue weighted by molar-refractivity contribution is -0.121. The number of rotatable bonds is 4. The Balaban J connectivity index is 1.69. The minimum Gasteiger partial charge on any atom is -0.400 e. The lowest BCUT2D eigenvalue weighted by Crippen LogP contribution is -2.41. The molecule has 3 aliphatic rings. The molecule has 31 heavy (non-hydrogen) atoms. The Bertz CT molecular complexity index is 1010. The first-order valence-corrected chi connectivity index (χ1v) is 12.4. The molecule has 2 fully saturated rings. The number of carbonyl (C=O) groups is 1. The van der Waals surface area contributed by atoms with Gasteiger partial charge in [0.25, 0.3) is 0 Å². The summed E-state index contributed by atoms with van der Waals surface area (Å²) in [5, 5.41) is 0. The highest BCUT2D eigenvalue weighted by Gasteiger charge is 2.55. The maximum atomic E-state index is 13.3. The van der Waals surface area contributed by atoms with Crippen LogP contribution in [-0.2, 0) is 24.1 Å². The van der Waals surface area contributed by atoms with Crippen molar-refractivity contribution in [3.63, 3.8) is 0 Å². The van der Waals surface area contributed by atoms with Gasteiger partial charge in [0.15, 0.2) is 0 Å². The van der Waals surface area contributed by atoms with E-state index in [-0.39, 0.29) is 17.6 Å². The summed E-state index contributed by atoms with van der Waals surface area (Å²) >= 11 is 0. The van der Waals surface area contributed by atoms with Crippen molar-refractivity contribution in [1.82, 2.24) is 4.31 Å². The van der Waals surface area contributed by atoms with E-state index in [9.17, 15) is 13.2 Å². The minimum absolute atomic E-state index is 0.0110. The molecule has 4 rings (SSSR count). The lowest BCUT2D eigenvalue weighted by atomic mass is 9.63. The summed E-state index contributed by atoms with van der Waals surface area (Å²) in [6, 6.07) is 6.96. The van der Waals surface area contributed by atoms with Crippen LogP contribution in [0.15, 0.2) is 40.2 Å². The van der Waals surface area contributed by atoms with Crippen molar-refractivity contribution in [3.05, 3.63) is 40.9 Å². The topological polar surface area (TPSA) is 72.9 Å². The van der Waals surface area contributed by atoms with E-state index < -0.39 is 28.3 Å². The molecule has 2 unspecified atom stereocenters. The van der Waals surface area contributed by atoms with Gasteiger partial charge in [-0.25, -0.2) is 8.42 Å². The van der Waals surface area contributed by atoms with E-state index in [2.05, 4.69) is 0 Å². The van der Waals surface area contributed by atoms with Crippen LogP contribution in [0.4, 0.5) is 0 Å².